The predicted molar refractivity (Wildman–Crippen MR) is 66.9 cm³/mol. The lowest BCUT2D eigenvalue weighted by Crippen LogP contribution is -2.28. The summed E-state index contributed by atoms with van der Waals surface area (Å²) in [7, 11) is 0. The van der Waals surface area contributed by atoms with E-state index in [-0.39, 0.29) is 22.2 Å². The number of carbonyl (C=O) groups is 2. The lowest BCUT2D eigenvalue weighted by atomic mass is 10.1. The van der Waals surface area contributed by atoms with Crippen molar-refractivity contribution in [3.05, 3.63) is 33.8 Å². The topological polar surface area (TPSA) is 43.4 Å². The molecule has 1 aromatic rings. The van der Waals surface area contributed by atoms with Gasteiger partial charge in [-0.15, -0.1) is 0 Å². The molecule has 0 bridgehead atoms. The van der Waals surface area contributed by atoms with E-state index >= 15 is 0 Å². The van der Waals surface area contributed by atoms with Gasteiger partial charge in [-0.3, -0.25) is 4.79 Å². The standard InChI is InChI=1S/C12H11Cl2FO3/c1-2-5-18-12(17)10(15)11(16)7-3-4-8(13)9(14)6-7/h3-4,6,10H,2,5H2,1H3. The van der Waals surface area contributed by atoms with Crippen LogP contribution in [-0.4, -0.2) is 24.5 Å². The third-order valence-electron chi connectivity index (χ3n) is 2.09. The molecule has 0 saturated carbocycles. The van der Waals surface area contributed by atoms with Gasteiger partial charge in [0.1, 0.15) is 0 Å². The molecule has 1 aromatic carbocycles. The maximum absolute atomic E-state index is 13.5. The Morgan fingerprint density at radius 3 is 2.56 bits per heavy atom. The molecule has 0 aliphatic heterocycles. The van der Waals surface area contributed by atoms with Gasteiger partial charge in [-0.25, -0.2) is 9.18 Å². The van der Waals surface area contributed by atoms with Crippen molar-refractivity contribution in [3.8, 4) is 0 Å². The largest absolute Gasteiger partial charge is 0.463 e. The van der Waals surface area contributed by atoms with Crippen molar-refractivity contribution in [1.82, 2.24) is 0 Å². The van der Waals surface area contributed by atoms with E-state index in [0.29, 0.717) is 6.42 Å². The fourth-order valence-corrected chi connectivity index (χ4v) is 1.48. The number of hydrogen-bond acceptors (Lipinski definition) is 3. The van der Waals surface area contributed by atoms with Crippen LogP contribution in [0.25, 0.3) is 0 Å². The summed E-state index contributed by atoms with van der Waals surface area (Å²) in [6.45, 7) is 1.84. The van der Waals surface area contributed by atoms with Crippen molar-refractivity contribution >= 4 is 35.0 Å². The monoisotopic (exact) mass is 292 g/mol. The van der Waals surface area contributed by atoms with E-state index in [2.05, 4.69) is 4.74 Å². The summed E-state index contributed by atoms with van der Waals surface area (Å²) in [6, 6.07) is 3.88. The van der Waals surface area contributed by atoms with Gasteiger partial charge < -0.3 is 4.74 Å². The second kappa shape index (κ2) is 6.71. The molecule has 0 amide bonds. The van der Waals surface area contributed by atoms with Gasteiger partial charge >= 0.3 is 5.97 Å². The van der Waals surface area contributed by atoms with E-state index in [1.165, 1.54) is 18.2 Å². The zero-order valence-corrected chi connectivity index (χ0v) is 11.1. The van der Waals surface area contributed by atoms with Crippen molar-refractivity contribution in [1.29, 1.82) is 0 Å². The third kappa shape index (κ3) is 3.68. The molecule has 0 aliphatic rings. The Kier molecular flexibility index (Phi) is 5.56. The van der Waals surface area contributed by atoms with Crippen molar-refractivity contribution in [2.24, 2.45) is 0 Å². The molecule has 1 unspecified atom stereocenters. The number of hydrogen-bond donors (Lipinski definition) is 0. The van der Waals surface area contributed by atoms with Crippen molar-refractivity contribution in [2.45, 2.75) is 19.5 Å². The molecular weight excluding hydrogens is 282 g/mol. The molecule has 18 heavy (non-hydrogen) atoms. The molecule has 98 valence electrons. The maximum atomic E-state index is 13.5. The predicted octanol–water partition coefficient (Wildman–Crippen LogP) is 3.47. The van der Waals surface area contributed by atoms with Gasteiger partial charge in [0, 0.05) is 5.56 Å². The van der Waals surface area contributed by atoms with Gasteiger partial charge in [-0.2, -0.15) is 0 Å². The number of carbonyl (C=O) groups excluding carboxylic acids is 2. The molecular formula is C12H11Cl2FO3. The molecule has 0 saturated heterocycles. The number of benzene rings is 1. The number of Topliss-reactive ketones (excluding diaryl/α,β-unsaturated/α-hetero) is 1. The Labute approximate surface area is 114 Å². The van der Waals surface area contributed by atoms with E-state index in [1.807, 2.05) is 0 Å². The lowest BCUT2D eigenvalue weighted by Gasteiger charge is -2.08. The first-order valence-electron chi connectivity index (χ1n) is 5.27. The first kappa shape index (κ1) is 14.9. The number of ketones is 1. The molecule has 0 spiro atoms. The molecule has 1 rings (SSSR count). The van der Waals surface area contributed by atoms with Gasteiger partial charge in [0.2, 0.25) is 5.78 Å². The van der Waals surface area contributed by atoms with Crippen LogP contribution in [0.3, 0.4) is 0 Å². The number of ether oxygens (including phenoxy) is 1. The summed E-state index contributed by atoms with van der Waals surface area (Å²) in [5.41, 5.74) is -0.0228. The fraction of sp³-hybridized carbons (Fsp3) is 0.333. The Hall–Kier alpha value is -1.13. The summed E-state index contributed by atoms with van der Waals surface area (Å²) >= 11 is 11.4. The molecule has 6 heteroatoms. The number of halogens is 3. The van der Waals surface area contributed by atoms with Crippen LogP contribution in [0.15, 0.2) is 18.2 Å². The van der Waals surface area contributed by atoms with Gasteiger partial charge in [-0.05, 0) is 24.6 Å². The number of esters is 1. The molecule has 0 N–H and O–H groups in total. The molecule has 0 aliphatic carbocycles. The van der Waals surface area contributed by atoms with E-state index in [4.69, 9.17) is 23.2 Å². The van der Waals surface area contributed by atoms with Crippen molar-refractivity contribution in [3.63, 3.8) is 0 Å². The summed E-state index contributed by atoms with van der Waals surface area (Å²) in [5, 5.41) is 0.369. The third-order valence-corrected chi connectivity index (χ3v) is 2.83. The highest BCUT2D eigenvalue weighted by Crippen LogP contribution is 2.23. The van der Waals surface area contributed by atoms with Crippen LogP contribution in [0.5, 0.6) is 0 Å². The minimum absolute atomic E-state index is 0.0228. The minimum Gasteiger partial charge on any atom is -0.463 e. The number of rotatable bonds is 5. The van der Waals surface area contributed by atoms with Crippen LogP contribution >= 0.6 is 23.2 Å². The summed E-state index contributed by atoms with van der Waals surface area (Å²) < 4.78 is 18.1. The Morgan fingerprint density at radius 1 is 1.33 bits per heavy atom. The van der Waals surface area contributed by atoms with E-state index < -0.39 is 17.9 Å². The van der Waals surface area contributed by atoms with E-state index in [0.717, 1.165) is 0 Å². The van der Waals surface area contributed by atoms with Crippen LogP contribution in [-0.2, 0) is 9.53 Å². The van der Waals surface area contributed by atoms with Crippen LogP contribution in [0.2, 0.25) is 10.0 Å². The Bertz CT molecular complexity index is 463. The molecule has 0 aromatic heterocycles. The average molecular weight is 293 g/mol. The van der Waals surface area contributed by atoms with Crippen LogP contribution in [0.4, 0.5) is 4.39 Å². The quantitative estimate of drug-likeness (QED) is 0.474. The maximum Gasteiger partial charge on any atom is 0.349 e. The highest BCUT2D eigenvalue weighted by Gasteiger charge is 2.28. The normalized spacial score (nSPS) is 12.0. The van der Waals surface area contributed by atoms with Gasteiger partial charge in [0.15, 0.2) is 0 Å². The van der Waals surface area contributed by atoms with Crippen molar-refractivity contribution < 1.29 is 18.7 Å². The van der Waals surface area contributed by atoms with E-state index in [9.17, 15) is 14.0 Å². The minimum atomic E-state index is -2.34. The summed E-state index contributed by atoms with van der Waals surface area (Å²) in [6.07, 6.45) is -1.78. The summed E-state index contributed by atoms with van der Waals surface area (Å²) in [4.78, 5) is 22.8. The number of alkyl halides is 1. The first-order chi connectivity index (χ1) is 8.47. The lowest BCUT2D eigenvalue weighted by molar-refractivity contribution is -0.147. The fourth-order valence-electron chi connectivity index (χ4n) is 1.18. The average Bonchev–Trinajstić information content (AvgIpc) is 2.37. The highest BCUT2D eigenvalue weighted by atomic mass is 35.5. The molecule has 1 atom stereocenters. The summed E-state index contributed by atoms with van der Waals surface area (Å²) in [5.74, 6) is -2.18. The van der Waals surface area contributed by atoms with Crippen molar-refractivity contribution in [2.75, 3.05) is 6.61 Å². The second-order valence-corrected chi connectivity index (χ2v) is 4.34. The van der Waals surface area contributed by atoms with Crippen LogP contribution in [0.1, 0.15) is 23.7 Å². The molecule has 0 fully saturated rings. The molecule has 0 heterocycles. The van der Waals surface area contributed by atoms with Crippen LogP contribution in [0, 0.1) is 0 Å². The zero-order valence-electron chi connectivity index (χ0n) is 9.58. The smallest absolute Gasteiger partial charge is 0.349 e. The van der Waals surface area contributed by atoms with E-state index in [1.54, 1.807) is 6.92 Å². The highest BCUT2D eigenvalue weighted by molar-refractivity contribution is 6.42. The van der Waals surface area contributed by atoms with Crippen LogP contribution < -0.4 is 0 Å². The Balaban J connectivity index is 2.79. The van der Waals surface area contributed by atoms with Gasteiger partial charge in [-0.1, -0.05) is 30.1 Å². The zero-order chi connectivity index (χ0) is 13.7. The van der Waals surface area contributed by atoms with Gasteiger partial charge in [0.25, 0.3) is 6.17 Å². The van der Waals surface area contributed by atoms with Gasteiger partial charge in [0.05, 0.1) is 16.7 Å². The molecule has 3 nitrogen and oxygen atoms in total. The Morgan fingerprint density at radius 2 is 2.00 bits per heavy atom. The molecule has 0 radical (unpaired) electrons. The SMILES string of the molecule is CCCOC(=O)C(F)C(=O)c1ccc(Cl)c(Cl)c1. The second-order valence-electron chi connectivity index (χ2n) is 3.52. The first-order valence-corrected chi connectivity index (χ1v) is 6.03.